The van der Waals surface area contributed by atoms with Gasteiger partial charge in [-0.15, -0.1) is 0 Å². The van der Waals surface area contributed by atoms with Crippen molar-refractivity contribution >= 4 is 30.4 Å². The van der Waals surface area contributed by atoms with Gasteiger partial charge in [0.15, 0.2) is 0 Å². The van der Waals surface area contributed by atoms with E-state index in [1.165, 1.54) is 6.07 Å². The minimum absolute atomic E-state index is 0.0919. The van der Waals surface area contributed by atoms with Crippen molar-refractivity contribution < 1.29 is 36.7 Å². The van der Waals surface area contributed by atoms with Crippen LogP contribution in [0, 0.1) is 0 Å². The maximum absolute atomic E-state index is 11.8. The number of ether oxygens (including phenoxy) is 1. The van der Waals surface area contributed by atoms with Gasteiger partial charge in [0.2, 0.25) is 0 Å². The summed E-state index contributed by atoms with van der Waals surface area (Å²) in [6.07, 6.45) is 0.380. The second-order valence-electron chi connectivity index (χ2n) is 5.12. The average molecular weight is 549 g/mol. The Labute approximate surface area is 160 Å². The fourth-order valence-corrected chi connectivity index (χ4v) is 3.48. The van der Waals surface area contributed by atoms with Gasteiger partial charge in [0.1, 0.15) is 0 Å². The number of Topliss-reactive ketones (excluding diaryl/α,β-unsaturated/α-hetero) is 1. The van der Waals surface area contributed by atoms with Gasteiger partial charge in [-0.1, -0.05) is 0 Å². The zero-order valence-electron chi connectivity index (χ0n) is 12.9. The summed E-state index contributed by atoms with van der Waals surface area (Å²) >= 11 is 1.71. The number of halogens is 2. The van der Waals surface area contributed by atoms with Gasteiger partial charge >= 0.3 is 149 Å². The zero-order valence-corrected chi connectivity index (χ0v) is 17.2. The summed E-state index contributed by atoms with van der Waals surface area (Å²) in [4.78, 5) is 23.0. The Hall–Kier alpha value is -1.42. The summed E-state index contributed by atoms with van der Waals surface area (Å²) in [5.41, 5.74) is 2.25. The van der Waals surface area contributed by atoms with Crippen LogP contribution in [0.4, 0.5) is 0 Å². The third-order valence-electron chi connectivity index (χ3n) is 3.20. The average Bonchev–Trinajstić information content (AvgIpc) is 2.56. The van der Waals surface area contributed by atoms with Crippen LogP contribution in [0.1, 0.15) is 12.5 Å². The Morgan fingerprint density at radius 3 is 2.46 bits per heavy atom. The summed E-state index contributed by atoms with van der Waals surface area (Å²) in [7, 11) is 0. The van der Waals surface area contributed by atoms with Crippen molar-refractivity contribution in [1.82, 2.24) is 0 Å². The van der Waals surface area contributed by atoms with E-state index in [4.69, 9.17) is 4.74 Å². The van der Waals surface area contributed by atoms with Crippen LogP contribution < -0.4 is 22.0 Å². The molecule has 1 N–H and O–H groups in total. The van der Waals surface area contributed by atoms with Crippen LogP contribution >= 0.6 is 18.6 Å². The van der Waals surface area contributed by atoms with E-state index in [9.17, 15) is 14.7 Å². The van der Waals surface area contributed by atoms with Crippen molar-refractivity contribution in [2.75, 3.05) is 0 Å². The molecule has 2 aromatic rings. The number of phenolic OH excluding ortho intramolecular Hbond substituents is 1. The SMILES string of the molecule is C=C([I-]I)C(=O)Oc1ccc(O)c(-c2ccc(CC(C)=O)cc2)c1. The van der Waals surface area contributed by atoms with Gasteiger partial charge in [-0.25, -0.2) is 0 Å². The van der Waals surface area contributed by atoms with Gasteiger partial charge in [0.25, 0.3) is 0 Å². The number of phenols is 1. The van der Waals surface area contributed by atoms with Crippen molar-refractivity contribution in [3.8, 4) is 22.6 Å². The van der Waals surface area contributed by atoms with Gasteiger partial charge < -0.3 is 0 Å². The Bertz CT molecular complexity index is 782. The molecule has 0 radical (unpaired) electrons. The molecular formula is C18H15I2O4-. The predicted molar refractivity (Wildman–Crippen MR) is 96.7 cm³/mol. The second kappa shape index (κ2) is 8.61. The molecule has 4 nitrogen and oxygen atoms in total. The number of benzene rings is 2. The molecule has 2 rings (SSSR count). The van der Waals surface area contributed by atoms with E-state index in [-0.39, 0.29) is 11.5 Å². The predicted octanol–water partition coefficient (Wildman–Crippen LogP) is 1.05. The third kappa shape index (κ3) is 5.04. The number of hydrogen-bond donors (Lipinski definition) is 1. The number of aromatic hydroxyl groups is 1. The zero-order chi connectivity index (χ0) is 17.7. The van der Waals surface area contributed by atoms with E-state index >= 15 is 0 Å². The van der Waals surface area contributed by atoms with Crippen LogP contribution in [0.5, 0.6) is 11.5 Å². The van der Waals surface area contributed by atoms with Gasteiger partial charge in [0, 0.05) is 0 Å². The van der Waals surface area contributed by atoms with Gasteiger partial charge in [-0.3, -0.25) is 4.79 Å². The molecule has 0 fully saturated rings. The molecule has 0 unspecified atom stereocenters. The first-order chi connectivity index (χ1) is 11.4. The van der Waals surface area contributed by atoms with Crippen molar-refractivity contribution in [3.63, 3.8) is 0 Å². The third-order valence-corrected chi connectivity index (χ3v) is 7.44. The van der Waals surface area contributed by atoms with E-state index in [0.717, 1.165) is 11.1 Å². The summed E-state index contributed by atoms with van der Waals surface area (Å²) in [5.74, 6) is 0.105. The molecule has 0 aliphatic rings. The topological polar surface area (TPSA) is 63.6 Å². The number of hydrogen-bond acceptors (Lipinski definition) is 4. The van der Waals surface area contributed by atoms with Crippen molar-refractivity contribution in [2.24, 2.45) is 0 Å². The fraction of sp³-hybridized carbons (Fsp3) is 0.111. The Morgan fingerprint density at radius 2 is 1.88 bits per heavy atom. The summed E-state index contributed by atoms with van der Waals surface area (Å²) in [6, 6.07) is 12.0. The van der Waals surface area contributed by atoms with Crippen molar-refractivity contribution in [2.45, 2.75) is 13.3 Å². The van der Waals surface area contributed by atoms with Crippen LogP contribution in [0.2, 0.25) is 0 Å². The number of carbonyl (C=O) groups is 2. The van der Waals surface area contributed by atoms with Crippen molar-refractivity contribution in [1.29, 1.82) is 0 Å². The van der Waals surface area contributed by atoms with Gasteiger partial charge in [-0.05, 0) is 6.92 Å². The van der Waals surface area contributed by atoms with Crippen LogP contribution in [0.25, 0.3) is 11.1 Å². The molecule has 24 heavy (non-hydrogen) atoms. The molecule has 0 aliphatic heterocycles. The van der Waals surface area contributed by atoms with E-state index in [2.05, 4.69) is 25.2 Å². The maximum atomic E-state index is 11.8. The van der Waals surface area contributed by atoms with E-state index in [0.29, 0.717) is 21.3 Å². The fourth-order valence-electron chi connectivity index (χ4n) is 2.09. The number of ketones is 1. The summed E-state index contributed by atoms with van der Waals surface area (Å²) < 4.78 is 5.77. The van der Waals surface area contributed by atoms with Gasteiger partial charge in [0.05, 0.1) is 0 Å². The summed E-state index contributed by atoms with van der Waals surface area (Å²) in [6.45, 7) is 5.24. The molecule has 6 heteroatoms. The molecule has 0 spiro atoms. The number of esters is 1. The molecule has 0 saturated carbocycles. The molecule has 0 heterocycles. The molecule has 0 saturated heterocycles. The second-order valence-corrected chi connectivity index (χ2v) is 9.57. The first-order valence-electron chi connectivity index (χ1n) is 6.99. The van der Waals surface area contributed by atoms with Crippen molar-refractivity contribution in [3.05, 3.63) is 58.2 Å². The molecule has 0 aromatic heterocycles. The monoisotopic (exact) mass is 549 g/mol. The first-order valence-corrected chi connectivity index (χ1v) is 14.4. The molecule has 2 aromatic carbocycles. The van der Waals surface area contributed by atoms with Crippen LogP contribution in [-0.2, 0) is 16.0 Å². The molecule has 0 amide bonds. The Balaban J connectivity index is 2.26. The molecule has 0 bridgehead atoms. The standard InChI is InChI=1S/C18H15I2O4/c1-11(21)9-13-3-5-14(6-4-13)16-10-15(7-8-17(16)22)24-18(23)12(2)20-19/h3-8,10,22H,2,9H2,1H3/q-1. The van der Waals surface area contributed by atoms with E-state index < -0.39 is 23.2 Å². The molecule has 0 aliphatic carbocycles. The normalized spacial score (nSPS) is 10.4. The number of rotatable bonds is 6. The van der Waals surface area contributed by atoms with Crippen LogP contribution in [-0.4, -0.2) is 16.9 Å². The molecule has 0 atom stereocenters. The molecular weight excluding hydrogens is 534 g/mol. The first kappa shape index (κ1) is 18.9. The Morgan fingerprint density at radius 1 is 1.21 bits per heavy atom. The number of carbonyl (C=O) groups excluding carboxylic acids is 2. The quantitative estimate of drug-likeness (QED) is 0.254. The molecule has 126 valence electrons. The van der Waals surface area contributed by atoms with E-state index in [1.54, 1.807) is 19.1 Å². The summed E-state index contributed by atoms with van der Waals surface area (Å²) in [5, 5.41) is 10.1. The van der Waals surface area contributed by atoms with Crippen LogP contribution in [0.15, 0.2) is 52.6 Å². The van der Waals surface area contributed by atoms with Gasteiger partial charge in [-0.2, -0.15) is 0 Å². The Kier molecular flexibility index (Phi) is 6.79. The van der Waals surface area contributed by atoms with Crippen LogP contribution in [0.3, 0.4) is 0 Å². The van der Waals surface area contributed by atoms with E-state index in [1.807, 2.05) is 24.3 Å². The minimum atomic E-state index is -0.440.